The zero-order chi connectivity index (χ0) is 14.9. The first-order chi connectivity index (χ1) is 10.8. The summed E-state index contributed by atoms with van der Waals surface area (Å²) in [6.07, 6.45) is 1.73. The number of benzene rings is 2. The number of hydrogen-bond acceptors (Lipinski definition) is 3. The first kappa shape index (κ1) is 12.8. The summed E-state index contributed by atoms with van der Waals surface area (Å²) in [6.45, 7) is 0.247. The van der Waals surface area contributed by atoms with E-state index in [9.17, 15) is 4.39 Å². The Kier molecular flexibility index (Phi) is 3.00. The molecule has 3 aromatic rings. The molecule has 108 valence electrons. The highest BCUT2D eigenvalue weighted by molar-refractivity contribution is 5.81. The van der Waals surface area contributed by atoms with Gasteiger partial charge in [-0.1, -0.05) is 12.1 Å². The second-order valence-electron chi connectivity index (χ2n) is 4.97. The molecule has 2 aromatic carbocycles. The van der Waals surface area contributed by atoms with Crippen LogP contribution < -0.4 is 9.47 Å². The molecule has 0 unspecified atom stereocenters. The molecule has 4 rings (SSSR count). The third-order valence-corrected chi connectivity index (χ3v) is 3.61. The van der Waals surface area contributed by atoms with Crippen LogP contribution in [0.4, 0.5) is 4.39 Å². The van der Waals surface area contributed by atoms with Gasteiger partial charge in [0.25, 0.3) is 0 Å². The molecule has 22 heavy (non-hydrogen) atoms. The van der Waals surface area contributed by atoms with E-state index >= 15 is 0 Å². The minimum absolute atomic E-state index is 0.247. The molecule has 0 spiro atoms. The molecule has 4 heteroatoms. The van der Waals surface area contributed by atoms with Crippen molar-refractivity contribution in [3.05, 3.63) is 66.6 Å². The van der Waals surface area contributed by atoms with Crippen molar-refractivity contribution in [2.24, 2.45) is 0 Å². The topological polar surface area (TPSA) is 31.4 Å². The van der Waals surface area contributed by atoms with Crippen molar-refractivity contribution in [3.8, 4) is 33.9 Å². The lowest BCUT2D eigenvalue weighted by Crippen LogP contribution is -1.93. The Bertz CT molecular complexity index is 831. The molecule has 1 aliphatic heterocycles. The van der Waals surface area contributed by atoms with Crippen molar-refractivity contribution in [3.63, 3.8) is 0 Å². The van der Waals surface area contributed by atoms with Gasteiger partial charge in [-0.05, 0) is 48.0 Å². The Labute approximate surface area is 127 Å². The summed E-state index contributed by atoms with van der Waals surface area (Å²) in [5.74, 6) is 1.21. The Hall–Kier alpha value is -2.88. The third-order valence-electron chi connectivity index (χ3n) is 3.61. The lowest BCUT2D eigenvalue weighted by Gasteiger charge is -2.09. The number of rotatable bonds is 2. The summed E-state index contributed by atoms with van der Waals surface area (Å²) in [5.41, 5.74) is 3.63. The molecule has 0 saturated heterocycles. The molecule has 3 nitrogen and oxygen atoms in total. The van der Waals surface area contributed by atoms with E-state index in [2.05, 4.69) is 4.98 Å². The van der Waals surface area contributed by atoms with Crippen LogP contribution in [-0.4, -0.2) is 11.8 Å². The predicted octanol–water partition coefficient (Wildman–Crippen LogP) is 4.28. The quantitative estimate of drug-likeness (QED) is 0.706. The van der Waals surface area contributed by atoms with Gasteiger partial charge in [-0.25, -0.2) is 4.39 Å². The van der Waals surface area contributed by atoms with Gasteiger partial charge in [0.1, 0.15) is 5.82 Å². The second-order valence-corrected chi connectivity index (χ2v) is 4.97. The van der Waals surface area contributed by atoms with Crippen LogP contribution in [-0.2, 0) is 0 Å². The number of ether oxygens (including phenoxy) is 2. The van der Waals surface area contributed by atoms with Crippen LogP contribution in [0.2, 0.25) is 0 Å². The molecule has 0 radical (unpaired) electrons. The number of nitrogens with zero attached hydrogens (tertiary/aromatic N) is 1. The van der Waals surface area contributed by atoms with Crippen LogP contribution >= 0.6 is 0 Å². The number of hydrogen-bond donors (Lipinski definition) is 0. The van der Waals surface area contributed by atoms with Gasteiger partial charge >= 0.3 is 0 Å². The Morgan fingerprint density at radius 3 is 2.50 bits per heavy atom. The summed E-state index contributed by atoms with van der Waals surface area (Å²) in [7, 11) is 0. The van der Waals surface area contributed by atoms with E-state index < -0.39 is 0 Å². The third kappa shape index (κ3) is 2.19. The molecule has 0 saturated carbocycles. The van der Waals surface area contributed by atoms with E-state index in [-0.39, 0.29) is 12.6 Å². The van der Waals surface area contributed by atoms with Gasteiger partial charge in [-0.3, -0.25) is 4.98 Å². The highest BCUT2D eigenvalue weighted by Gasteiger charge is 2.16. The predicted molar refractivity (Wildman–Crippen MR) is 81.2 cm³/mol. The number of pyridine rings is 1. The highest BCUT2D eigenvalue weighted by atomic mass is 19.1. The first-order valence-electron chi connectivity index (χ1n) is 6.92. The SMILES string of the molecule is Fc1ccc(-c2ncccc2-c2ccc3c(c2)OCO3)cc1. The lowest BCUT2D eigenvalue weighted by molar-refractivity contribution is 0.174. The molecule has 2 heterocycles. The Morgan fingerprint density at radius 2 is 1.64 bits per heavy atom. The fraction of sp³-hybridized carbons (Fsp3) is 0.0556. The van der Waals surface area contributed by atoms with Crippen LogP contribution in [0.1, 0.15) is 0 Å². The Morgan fingerprint density at radius 1 is 0.864 bits per heavy atom. The lowest BCUT2D eigenvalue weighted by atomic mass is 9.99. The van der Waals surface area contributed by atoms with E-state index in [1.54, 1.807) is 18.3 Å². The first-order valence-corrected chi connectivity index (χ1v) is 6.92. The van der Waals surface area contributed by atoms with Gasteiger partial charge in [-0.2, -0.15) is 0 Å². The van der Waals surface area contributed by atoms with Crippen molar-refractivity contribution in [2.45, 2.75) is 0 Å². The van der Waals surface area contributed by atoms with Crippen LogP contribution in [0.3, 0.4) is 0 Å². The van der Waals surface area contributed by atoms with E-state index in [0.29, 0.717) is 0 Å². The van der Waals surface area contributed by atoms with Crippen LogP contribution in [0.15, 0.2) is 60.8 Å². The molecule has 0 bridgehead atoms. The molecular formula is C18H12FNO2. The second kappa shape index (κ2) is 5.15. The van der Waals surface area contributed by atoms with Crippen molar-refractivity contribution in [2.75, 3.05) is 6.79 Å². The van der Waals surface area contributed by atoms with E-state index in [0.717, 1.165) is 33.9 Å². The molecule has 0 amide bonds. The fourth-order valence-corrected chi connectivity index (χ4v) is 2.54. The summed E-state index contributed by atoms with van der Waals surface area (Å²) < 4.78 is 23.9. The van der Waals surface area contributed by atoms with Crippen molar-refractivity contribution in [1.82, 2.24) is 4.98 Å². The average molecular weight is 293 g/mol. The van der Waals surface area contributed by atoms with Crippen molar-refractivity contribution >= 4 is 0 Å². The largest absolute Gasteiger partial charge is 0.454 e. The van der Waals surface area contributed by atoms with E-state index in [4.69, 9.17) is 9.47 Å². The molecule has 1 aliphatic rings. The minimum Gasteiger partial charge on any atom is -0.454 e. The molecular weight excluding hydrogens is 281 g/mol. The molecule has 0 N–H and O–H groups in total. The zero-order valence-corrected chi connectivity index (χ0v) is 11.6. The van der Waals surface area contributed by atoms with Gasteiger partial charge in [0.05, 0.1) is 5.69 Å². The van der Waals surface area contributed by atoms with Crippen LogP contribution in [0, 0.1) is 5.82 Å². The maximum Gasteiger partial charge on any atom is 0.231 e. The number of fused-ring (bicyclic) bond motifs is 1. The molecule has 1 aromatic heterocycles. The van der Waals surface area contributed by atoms with Crippen molar-refractivity contribution in [1.29, 1.82) is 0 Å². The summed E-state index contributed by atoms with van der Waals surface area (Å²) in [4.78, 5) is 4.45. The summed E-state index contributed by atoms with van der Waals surface area (Å²) in [6, 6.07) is 16.0. The Balaban J connectivity index is 1.84. The van der Waals surface area contributed by atoms with Gasteiger partial charge in [0, 0.05) is 17.3 Å². The molecule has 0 fully saturated rings. The fourth-order valence-electron chi connectivity index (χ4n) is 2.54. The van der Waals surface area contributed by atoms with Gasteiger partial charge in [0.2, 0.25) is 6.79 Å². The summed E-state index contributed by atoms with van der Waals surface area (Å²) in [5, 5.41) is 0. The molecule has 0 atom stereocenters. The van der Waals surface area contributed by atoms with Gasteiger partial charge in [-0.15, -0.1) is 0 Å². The van der Waals surface area contributed by atoms with E-state index in [1.807, 2.05) is 30.3 Å². The summed E-state index contributed by atoms with van der Waals surface area (Å²) >= 11 is 0. The smallest absolute Gasteiger partial charge is 0.231 e. The normalized spacial score (nSPS) is 12.4. The number of halogens is 1. The maximum atomic E-state index is 13.1. The zero-order valence-electron chi connectivity index (χ0n) is 11.6. The molecule has 0 aliphatic carbocycles. The van der Waals surface area contributed by atoms with Gasteiger partial charge < -0.3 is 9.47 Å². The average Bonchev–Trinajstić information content (AvgIpc) is 3.03. The van der Waals surface area contributed by atoms with Gasteiger partial charge in [0.15, 0.2) is 11.5 Å². The minimum atomic E-state index is -0.260. The van der Waals surface area contributed by atoms with Crippen molar-refractivity contribution < 1.29 is 13.9 Å². The monoisotopic (exact) mass is 293 g/mol. The standard InChI is InChI=1S/C18H12FNO2/c19-14-6-3-12(4-7-14)18-15(2-1-9-20-18)13-5-8-16-17(10-13)22-11-21-16/h1-10H,11H2. The highest BCUT2D eigenvalue weighted by Crippen LogP contribution is 2.38. The maximum absolute atomic E-state index is 13.1. The van der Waals surface area contributed by atoms with Crippen LogP contribution in [0.5, 0.6) is 11.5 Å². The number of aromatic nitrogens is 1. The van der Waals surface area contributed by atoms with E-state index in [1.165, 1.54) is 12.1 Å². The van der Waals surface area contributed by atoms with Crippen LogP contribution in [0.25, 0.3) is 22.4 Å².